The molecule has 0 aromatic heterocycles. The number of nitrogens with zero attached hydrogens (tertiary/aromatic N) is 4. The number of hydrogen-bond donors (Lipinski definition) is 3. The average molecular weight is 528 g/mol. The van der Waals surface area contributed by atoms with Crippen LogP contribution in [0.5, 0.6) is 0 Å². The summed E-state index contributed by atoms with van der Waals surface area (Å²) < 4.78 is 0. The normalized spacial score (nSPS) is 26.4. The fourth-order valence-electron chi connectivity index (χ4n) is 7.29. The zero-order chi connectivity index (χ0) is 27.2. The Kier molecular flexibility index (Phi) is 8.66. The summed E-state index contributed by atoms with van der Waals surface area (Å²) in [5.41, 5.74) is 13.5. The van der Waals surface area contributed by atoms with Gasteiger partial charge in [0.25, 0.3) is 0 Å². The minimum absolute atomic E-state index is 0.280. The Bertz CT molecular complexity index is 1170. The van der Waals surface area contributed by atoms with Crippen LogP contribution in [0.1, 0.15) is 83.3 Å². The smallest absolute Gasteiger partial charge is 0.171 e. The minimum atomic E-state index is 0.280. The summed E-state index contributed by atoms with van der Waals surface area (Å²) in [7, 11) is 0. The first kappa shape index (κ1) is 27.4. The molecule has 39 heavy (non-hydrogen) atoms. The molecule has 3 aliphatic rings. The molecule has 7 nitrogen and oxygen atoms in total. The van der Waals surface area contributed by atoms with Gasteiger partial charge in [-0.15, -0.1) is 10.6 Å². The molecule has 0 radical (unpaired) electrons. The lowest BCUT2D eigenvalue weighted by atomic mass is 9.58. The van der Waals surface area contributed by atoms with Crippen LogP contribution in [-0.4, -0.2) is 29.9 Å². The molecule has 2 saturated carbocycles. The Hall–Kier alpha value is -3.19. The third-order valence-corrected chi connectivity index (χ3v) is 8.71. The van der Waals surface area contributed by atoms with E-state index in [0.717, 1.165) is 78.5 Å². The molecule has 2 aromatic carbocycles. The molecule has 1 aliphatic heterocycles. The van der Waals surface area contributed by atoms with E-state index in [4.69, 9.17) is 5.10 Å². The van der Waals surface area contributed by atoms with Crippen molar-refractivity contribution in [3.05, 3.63) is 59.7 Å². The summed E-state index contributed by atoms with van der Waals surface area (Å²) in [5, 5.41) is 11.6. The molecule has 2 aromatic rings. The van der Waals surface area contributed by atoms with Crippen LogP contribution in [0.4, 0.5) is 0 Å². The number of fused-ring (bicyclic) bond motifs is 2. The van der Waals surface area contributed by atoms with Crippen LogP contribution < -0.4 is 16.5 Å². The molecule has 208 valence electrons. The van der Waals surface area contributed by atoms with Crippen molar-refractivity contribution in [2.45, 2.75) is 78.7 Å². The molecule has 3 N–H and O–H groups in total. The van der Waals surface area contributed by atoms with Crippen molar-refractivity contribution >= 4 is 18.4 Å². The van der Waals surface area contributed by atoms with Crippen LogP contribution in [0, 0.1) is 23.2 Å². The highest BCUT2D eigenvalue weighted by atomic mass is 15.8. The van der Waals surface area contributed by atoms with E-state index in [0.29, 0.717) is 0 Å². The monoisotopic (exact) mass is 527 g/mol. The third-order valence-electron chi connectivity index (χ3n) is 8.71. The SMILES string of the molecule is C=N/C(CC1(C)CC2CC(C)CC(C2)C1)=N\N(CCCC)Cc1ccc(-c2ccccc2C2=NNNN2)cc1. The van der Waals surface area contributed by atoms with Gasteiger partial charge in [-0.1, -0.05) is 75.7 Å². The fourth-order valence-corrected chi connectivity index (χ4v) is 7.29. The number of amidine groups is 2. The van der Waals surface area contributed by atoms with Gasteiger partial charge in [0.1, 0.15) is 5.84 Å². The first-order valence-electron chi connectivity index (χ1n) is 14.8. The van der Waals surface area contributed by atoms with Crippen LogP contribution >= 0.6 is 0 Å². The zero-order valence-corrected chi connectivity index (χ0v) is 23.9. The first-order valence-corrected chi connectivity index (χ1v) is 14.8. The van der Waals surface area contributed by atoms with Crippen LogP contribution in [0.15, 0.2) is 63.7 Å². The highest BCUT2D eigenvalue weighted by Gasteiger charge is 2.41. The van der Waals surface area contributed by atoms with E-state index in [1.807, 2.05) is 6.07 Å². The molecule has 2 atom stereocenters. The van der Waals surface area contributed by atoms with E-state index in [-0.39, 0.29) is 5.41 Å². The second kappa shape index (κ2) is 12.3. The molecule has 1 heterocycles. The van der Waals surface area contributed by atoms with E-state index < -0.39 is 0 Å². The van der Waals surface area contributed by atoms with Gasteiger partial charge in [0, 0.05) is 18.5 Å². The van der Waals surface area contributed by atoms with E-state index >= 15 is 0 Å². The molecule has 0 amide bonds. The van der Waals surface area contributed by atoms with Crippen LogP contribution in [0.25, 0.3) is 11.1 Å². The van der Waals surface area contributed by atoms with Crippen molar-refractivity contribution in [3.63, 3.8) is 0 Å². The van der Waals surface area contributed by atoms with Gasteiger partial charge in [-0.25, -0.2) is 10.5 Å². The first-order chi connectivity index (χ1) is 18.9. The largest absolute Gasteiger partial charge is 0.291 e. The summed E-state index contributed by atoms with van der Waals surface area (Å²) in [5.74, 6) is 4.30. The van der Waals surface area contributed by atoms with Gasteiger partial charge in [0.05, 0.1) is 6.54 Å². The van der Waals surface area contributed by atoms with Gasteiger partial charge in [-0.05, 0) is 85.1 Å². The van der Waals surface area contributed by atoms with Crippen LogP contribution in [0.2, 0.25) is 0 Å². The third kappa shape index (κ3) is 6.88. The Morgan fingerprint density at radius 2 is 1.77 bits per heavy atom. The second-order valence-corrected chi connectivity index (χ2v) is 12.4. The van der Waals surface area contributed by atoms with E-state index in [2.05, 4.69) is 102 Å². The number of rotatable bonds is 10. The second-order valence-electron chi connectivity index (χ2n) is 12.4. The molecule has 2 unspecified atom stereocenters. The lowest BCUT2D eigenvalue weighted by Gasteiger charge is -2.47. The summed E-state index contributed by atoms with van der Waals surface area (Å²) >= 11 is 0. The molecule has 2 fully saturated rings. The van der Waals surface area contributed by atoms with Crippen molar-refractivity contribution in [3.8, 4) is 11.1 Å². The zero-order valence-electron chi connectivity index (χ0n) is 23.9. The average Bonchev–Trinajstić information content (AvgIpc) is 3.46. The molecule has 2 aliphatic carbocycles. The minimum Gasteiger partial charge on any atom is -0.291 e. The number of unbranched alkanes of at least 4 members (excludes halogenated alkanes) is 1. The van der Waals surface area contributed by atoms with Gasteiger partial charge < -0.3 is 0 Å². The standard InChI is InChI=1S/C32H45N7/c1-5-6-15-39(36-30(33-4)21-32(3)19-25-16-23(2)17-26(18-25)20-32)22-24-11-13-27(14-12-24)28-9-7-8-10-29(28)31-34-37-38-35-31/h7-14,23,25-26,37-38H,4-6,15-22H2,1-3H3,(H,34,35)/b36-30-. The van der Waals surface area contributed by atoms with Crippen LogP contribution in [-0.2, 0) is 6.54 Å². The maximum atomic E-state index is 5.11. The molecular weight excluding hydrogens is 482 g/mol. The molecule has 2 bridgehead atoms. The van der Waals surface area contributed by atoms with Crippen molar-refractivity contribution in [2.75, 3.05) is 6.54 Å². The van der Waals surface area contributed by atoms with Gasteiger partial charge in [0.15, 0.2) is 5.84 Å². The Balaban J connectivity index is 1.30. The van der Waals surface area contributed by atoms with Crippen molar-refractivity contribution in [2.24, 2.45) is 38.4 Å². The Labute approximate surface area is 234 Å². The lowest BCUT2D eigenvalue weighted by Crippen LogP contribution is -2.37. The molecule has 0 saturated heterocycles. The summed E-state index contributed by atoms with van der Waals surface area (Å²) in [4.78, 5) is 4.46. The van der Waals surface area contributed by atoms with Crippen molar-refractivity contribution in [1.82, 2.24) is 21.5 Å². The predicted octanol–water partition coefficient (Wildman–Crippen LogP) is 6.49. The van der Waals surface area contributed by atoms with Gasteiger partial charge in [-0.2, -0.15) is 5.10 Å². The molecular formula is C32H45N7. The molecule has 7 heteroatoms. The van der Waals surface area contributed by atoms with Gasteiger partial charge >= 0.3 is 0 Å². The highest BCUT2D eigenvalue weighted by Crippen LogP contribution is 2.51. The molecule has 0 spiro atoms. The van der Waals surface area contributed by atoms with Crippen molar-refractivity contribution < 1.29 is 0 Å². The topological polar surface area (TPSA) is 76.4 Å². The van der Waals surface area contributed by atoms with Gasteiger partial charge in [-0.3, -0.25) is 10.4 Å². The highest BCUT2D eigenvalue weighted by molar-refractivity contribution is 6.04. The summed E-state index contributed by atoms with van der Waals surface area (Å²) in [6, 6.07) is 17.1. The maximum Gasteiger partial charge on any atom is 0.171 e. The molecule has 5 rings (SSSR count). The van der Waals surface area contributed by atoms with Gasteiger partial charge in [0.2, 0.25) is 0 Å². The van der Waals surface area contributed by atoms with E-state index in [1.54, 1.807) is 0 Å². The number of nitrogens with one attached hydrogen (secondary N) is 3. The van der Waals surface area contributed by atoms with E-state index in [1.165, 1.54) is 37.7 Å². The van der Waals surface area contributed by atoms with E-state index in [9.17, 15) is 0 Å². The Morgan fingerprint density at radius 3 is 2.41 bits per heavy atom. The van der Waals surface area contributed by atoms with Crippen LogP contribution in [0.3, 0.4) is 0 Å². The number of aliphatic imine (C=N–C) groups is 1. The fraction of sp³-hybridized carbons (Fsp3) is 0.531. The quantitative estimate of drug-likeness (QED) is 0.188. The lowest BCUT2D eigenvalue weighted by molar-refractivity contribution is 0.0506. The number of hydrazine groups is 2. The number of hydrogen-bond acceptors (Lipinski definition) is 6. The number of hydrazone groups is 2. The Morgan fingerprint density at radius 1 is 1.05 bits per heavy atom. The summed E-state index contributed by atoms with van der Waals surface area (Å²) in [6.07, 6.45) is 9.98. The van der Waals surface area contributed by atoms with Crippen molar-refractivity contribution in [1.29, 1.82) is 0 Å². The summed E-state index contributed by atoms with van der Waals surface area (Å²) in [6.45, 7) is 12.8. The number of benzene rings is 2. The maximum absolute atomic E-state index is 5.11. The predicted molar refractivity (Wildman–Crippen MR) is 162 cm³/mol.